The van der Waals surface area contributed by atoms with Gasteiger partial charge in [-0.25, -0.2) is 15.0 Å². The molecule has 0 radical (unpaired) electrons. The van der Waals surface area contributed by atoms with Crippen LogP contribution in [0.5, 0.6) is 0 Å². The smallest absolute Gasteiger partial charge is 0.318 e. The first-order valence-corrected chi connectivity index (χ1v) is 13.1. The molecule has 0 aliphatic carbocycles. The lowest BCUT2D eigenvalue weighted by molar-refractivity contribution is 0.229. The number of aromatic nitrogens is 5. The molecule has 5 heterocycles. The Balaban J connectivity index is 1.19. The van der Waals surface area contributed by atoms with Gasteiger partial charge in [0.05, 0.1) is 10.5 Å². The van der Waals surface area contributed by atoms with Crippen molar-refractivity contribution in [1.82, 2.24) is 34.3 Å². The van der Waals surface area contributed by atoms with Crippen LogP contribution in [0.25, 0.3) is 11.2 Å². The summed E-state index contributed by atoms with van der Waals surface area (Å²) in [5.74, 6) is 0.691. The maximum Gasteiger partial charge on any atom is 0.318 e. The highest BCUT2D eigenvalue weighted by Gasteiger charge is 2.26. The van der Waals surface area contributed by atoms with E-state index in [-0.39, 0.29) is 6.04 Å². The number of hydrogen-bond acceptors (Lipinski definition) is 8. The van der Waals surface area contributed by atoms with Crippen LogP contribution in [0.1, 0.15) is 43.7 Å². The molecule has 0 unspecified atom stereocenters. The zero-order valence-electron chi connectivity index (χ0n) is 20.7. The van der Waals surface area contributed by atoms with Gasteiger partial charge in [-0.15, -0.1) is 0 Å². The molecule has 0 bridgehead atoms. The summed E-state index contributed by atoms with van der Waals surface area (Å²) in [4.78, 5) is 43.7. The van der Waals surface area contributed by atoms with Crippen LogP contribution >= 0.6 is 11.6 Å². The van der Waals surface area contributed by atoms with Crippen molar-refractivity contribution in [2.75, 3.05) is 44.2 Å². The van der Waals surface area contributed by atoms with E-state index in [4.69, 9.17) is 11.6 Å². The quantitative estimate of drug-likeness (QED) is 0.379. The van der Waals surface area contributed by atoms with Gasteiger partial charge in [0.15, 0.2) is 5.65 Å². The van der Waals surface area contributed by atoms with Gasteiger partial charge in [-0.05, 0) is 44.8 Å². The molecule has 10 nitrogen and oxygen atoms in total. The van der Waals surface area contributed by atoms with Crippen LogP contribution in [0.3, 0.4) is 0 Å². The summed E-state index contributed by atoms with van der Waals surface area (Å²) >= 11 is 6.09. The summed E-state index contributed by atoms with van der Waals surface area (Å²) in [7, 11) is 1.57. The van der Waals surface area contributed by atoms with Gasteiger partial charge in [-0.1, -0.05) is 18.0 Å². The van der Waals surface area contributed by atoms with Crippen LogP contribution in [-0.4, -0.2) is 68.3 Å². The number of halogens is 1. The van der Waals surface area contributed by atoms with Crippen molar-refractivity contribution in [1.29, 1.82) is 0 Å². The molecule has 0 aromatic carbocycles. The molecule has 2 aliphatic heterocycles. The van der Waals surface area contributed by atoms with Crippen molar-refractivity contribution < 1.29 is 0 Å². The molecule has 0 spiro atoms. The van der Waals surface area contributed by atoms with Crippen LogP contribution in [0.4, 0.5) is 5.95 Å². The molecule has 1 N–H and O–H groups in total. The molecule has 0 saturated carbocycles. The Labute approximate surface area is 214 Å². The summed E-state index contributed by atoms with van der Waals surface area (Å²) < 4.78 is 2.87. The van der Waals surface area contributed by atoms with Gasteiger partial charge in [0.1, 0.15) is 0 Å². The fourth-order valence-corrected chi connectivity index (χ4v) is 5.38. The van der Waals surface area contributed by atoms with Gasteiger partial charge >= 0.3 is 11.1 Å². The van der Waals surface area contributed by atoms with Gasteiger partial charge in [-0.2, -0.15) is 0 Å². The molecule has 192 valence electrons. The predicted molar refractivity (Wildman–Crippen MR) is 141 cm³/mol. The average Bonchev–Trinajstić information content (AvgIpc) is 2.92. The van der Waals surface area contributed by atoms with E-state index in [1.165, 1.54) is 43.1 Å². The number of fused-ring (bicyclic) bond motifs is 1. The number of pyridine rings is 1. The topological polar surface area (TPSA) is 101 Å². The molecule has 2 saturated heterocycles. The van der Waals surface area contributed by atoms with Gasteiger partial charge in [0.2, 0.25) is 5.95 Å². The summed E-state index contributed by atoms with van der Waals surface area (Å²) in [5, 5.41) is 3.92. The zero-order valence-corrected chi connectivity index (χ0v) is 21.5. The van der Waals surface area contributed by atoms with Gasteiger partial charge in [-0.3, -0.25) is 14.2 Å². The van der Waals surface area contributed by atoms with E-state index >= 15 is 0 Å². The van der Waals surface area contributed by atoms with E-state index in [9.17, 15) is 9.59 Å². The van der Waals surface area contributed by atoms with Crippen LogP contribution in [0.2, 0.25) is 5.02 Å². The molecule has 3 aromatic heterocycles. The molecule has 0 amide bonds. The first-order valence-electron chi connectivity index (χ1n) is 12.8. The lowest BCUT2D eigenvalue weighted by Crippen LogP contribution is -2.45. The summed E-state index contributed by atoms with van der Waals surface area (Å²) in [6.45, 7) is 6.62. The van der Waals surface area contributed by atoms with Crippen molar-refractivity contribution in [2.24, 2.45) is 7.05 Å². The average molecular weight is 513 g/mol. The molecule has 5 rings (SSSR count). The number of anilines is 1. The maximum atomic E-state index is 12.9. The zero-order chi connectivity index (χ0) is 25.1. The Morgan fingerprint density at radius 1 is 0.972 bits per heavy atom. The molecular weight excluding hydrogens is 480 g/mol. The number of aryl methyl sites for hydroxylation is 1. The SMILES string of the molecule is Cn1c(=O)c(=O)n(C2CCN(c3ncc(CNCCN4CCCCC4)cn3)CC2)c2ncc(Cl)cc21. The van der Waals surface area contributed by atoms with E-state index in [2.05, 4.69) is 30.1 Å². The predicted octanol–water partition coefficient (Wildman–Crippen LogP) is 1.96. The van der Waals surface area contributed by atoms with E-state index in [1.54, 1.807) is 17.7 Å². The molecular formula is C25H33ClN8O2. The largest absolute Gasteiger partial charge is 0.341 e. The van der Waals surface area contributed by atoms with Crippen LogP contribution in [-0.2, 0) is 13.6 Å². The third kappa shape index (κ3) is 5.30. The monoisotopic (exact) mass is 512 g/mol. The minimum atomic E-state index is -0.572. The summed E-state index contributed by atoms with van der Waals surface area (Å²) in [6.07, 6.45) is 10.6. The van der Waals surface area contributed by atoms with Crippen molar-refractivity contribution in [3.05, 3.63) is 56.0 Å². The second-order valence-corrected chi connectivity index (χ2v) is 10.2. The number of nitrogens with one attached hydrogen (secondary N) is 1. The summed E-state index contributed by atoms with van der Waals surface area (Å²) in [5.41, 5.74) is 0.982. The Kier molecular flexibility index (Phi) is 7.64. The normalized spacial score (nSPS) is 17.7. The van der Waals surface area contributed by atoms with Gasteiger partial charge < -0.3 is 19.7 Å². The Bertz CT molecular complexity index is 1310. The minimum absolute atomic E-state index is 0.123. The third-order valence-electron chi connectivity index (χ3n) is 7.30. The standard InChI is InChI=1S/C25H33ClN8O2/c1-31-21-13-19(26)17-28-22(21)34(24(36)23(31)35)20-5-10-33(11-6-20)25-29-15-18(16-30-25)14-27-7-12-32-8-3-2-4-9-32/h13,15-17,20,27H,2-12,14H2,1H3. The maximum absolute atomic E-state index is 12.9. The van der Waals surface area contributed by atoms with Crippen LogP contribution in [0.15, 0.2) is 34.2 Å². The number of nitrogens with zero attached hydrogens (tertiary/aromatic N) is 7. The molecule has 3 aromatic rings. The Hall–Kier alpha value is -2.82. The third-order valence-corrected chi connectivity index (χ3v) is 7.50. The minimum Gasteiger partial charge on any atom is -0.341 e. The second kappa shape index (κ2) is 11.1. The number of likely N-dealkylation sites (tertiary alicyclic amines) is 1. The van der Waals surface area contributed by atoms with E-state index in [1.807, 2.05) is 12.4 Å². The lowest BCUT2D eigenvalue weighted by Gasteiger charge is -2.33. The number of hydrogen-bond donors (Lipinski definition) is 1. The van der Waals surface area contributed by atoms with Crippen LogP contribution < -0.4 is 21.3 Å². The number of piperidine rings is 2. The first kappa shape index (κ1) is 24.9. The molecule has 2 fully saturated rings. The highest BCUT2D eigenvalue weighted by Crippen LogP contribution is 2.26. The van der Waals surface area contributed by atoms with Crippen molar-refractivity contribution >= 4 is 28.7 Å². The van der Waals surface area contributed by atoms with E-state index in [0.29, 0.717) is 48.1 Å². The summed E-state index contributed by atoms with van der Waals surface area (Å²) in [6, 6.07) is 1.55. The van der Waals surface area contributed by atoms with Crippen molar-refractivity contribution in [3.8, 4) is 0 Å². The number of rotatable bonds is 7. The van der Waals surface area contributed by atoms with Crippen LogP contribution in [0, 0.1) is 0 Å². The Morgan fingerprint density at radius 2 is 1.69 bits per heavy atom. The molecule has 2 aliphatic rings. The van der Waals surface area contributed by atoms with Gasteiger partial charge in [0, 0.05) is 70.0 Å². The van der Waals surface area contributed by atoms with Crippen molar-refractivity contribution in [2.45, 2.75) is 44.7 Å². The van der Waals surface area contributed by atoms with E-state index in [0.717, 1.165) is 25.2 Å². The highest BCUT2D eigenvalue weighted by molar-refractivity contribution is 6.31. The molecule has 11 heteroatoms. The Morgan fingerprint density at radius 3 is 2.42 bits per heavy atom. The second-order valence-electron chi connectivity index (χ2n) is 9.72. The molecule has 0 atom stereocenters. The van der Waals surface area contributed by atoms with Crippen molar-refractivity contribution in [3.63, 3.8) is 0 Å². The highest BCUT2D eigenvalue weighted by atomic mass is 35.5. The first-order chi connectivity index (χ1) is 17.5. The van der Waals surface area contributed by atoms with E-state index < -0.39 is 11.1 Å². The fourth-order valence-electron chi connectivity index (χ4n) is 5.22. The molecule has 36 heavy (non-hydrogen) atoms. The fraction of sp³-hybridized carbons (Fsp3) is 0.560. The lowest BCUT2D eigenvalue weighted by atomic mass is 10.0. The van der Waals surface area contributed by atoms with Gasteiger partial charge in [0.25, 0.3) is 0 Å².